The summed E-state index contributed by atoms with van der Waals surface area (Å²) in [7, 11) is 0. The number of H-pyrrole nitrogens is 1. The van der Waals surface area contributed by atoms with Crippen LogP contribution in [-0.2, 0) is 9.59 Å². The van der Waals surface area contributed by atoms with E-state index in [9.17, 15) is 24.3 Å². The standard InChI is InChI=1S/C16H19N3O5S/c1-9(13(20)17-12(15(22)23)7-8-25-2)19-14(21)10-5-3-4-6-11(10)18-16(19)24/h3-6,9,12H,7-8H2,1-2H3,(H,17,20)(H,18,24)(H,22,23)/t9-,12-/m0/s1. The van der Waals surface area contributed by atoms with Crippen LogP contribution in [0.4, 0.5) is 0 Å². The van der Waals surface area contributed by atoms with Crippen molar-refractivity contribution in [2.45, 2.75) is 25.4 Å². The Labute approximate surface area is 147 Å². The van der Waals surface area contributed by atoms with E-state index in [2.05, 4.69) is 10.3 Å². The molecule has 25 heavy (non-hydrogen) atoms. The number of rotatable bonds is 7. The first-order valence-electron chi connectivity index (χ1n) is 7.62. The molecule has 0 bridgehead atoms. The lowest BCUT2D eigenvalue weighted by Gasteiger charge is -2.18. The normalized spacial score (nSPS) is 13.4. The molecule has 1 aromatic heterocycles. The van der Waals surface area contributed by atoms with Crippen LogP contribution in [0.15, 0.2) is 33.9 Å². The number of carboxylic acid groups (broad SMARTS) is 1. The molecule has 9 heteroatoms. The zero-order valence-corrected chi connectivity index (χ0v) is 14.6. The molecule has 2 atom stereocenters. The van der Waals surface area contributed by atoms with Gasteiger partial charge < -0.3 is 15.4 Å². The molecule has 8 nitrogen and oxygen atoms in total. The fourth-order valence-corrected chi connectivity index (χ4v) is 2.90. The smallest absolute Gasteiger partial charge is 0.329 e. The molecule has 2 rings (SSSR count). The van der Waals surface area contributed by atoms with Crippen molar-refractivity contribution >= 4 is 34.5 Å². The third-order valence-corrected chi connectivity index (χ3v) is 4.47. The number of benzene rings is 1. The van der Waals surface area contributed by atoms with Gasteiger partial charge in [-0.05, 0) is 37.5 Å². The summed E-state index contributed by atoms with van der Waals surface area (Å²) in [5.41, 5.74) is -0.940. The highest BCUT2D eigenvalue weighted by Gasteiger charge is 2.25. The van der Waals surface area contributed by atoms with Crippen molar-refractivity contribution in [3.63, 3.8) is 0 Å². The van der Waals surface area contributed by atoms with E-state index in [1.165, 1.54) is 18.7 Å². The van der Waals surface area contributed by atoms with Gasteiger partial charge in [-0.1, -0.05) is 12.1 Å². The van der Waals surface area contributed by atoms with Gasteiger partial charge in [0.1, 0.15) is 12.1 Å². The second kappa shape index (κ2) is 8.02. The van der Waals surface area contributed by atoms with E-state index in [4.69, 9.17) is 0 Å². The van der Waals surface area contributed by atoms with Crippen molar-refractivity contribution < 1.29 is 14.7 Å². The second-order valence-corrected chi connectivity index (χ2v) is 6.49. The number of nitrogens with zero attached hydrogens (tertiary/aromatic N) is 1. The number of amides is 1. The summed E-state index contributed by atoms with van der Waals surface area (Å²) in [5.74, 6) is -1.30. The Morgan fingerprint density at radius 3 is 2.64 bits per heavy atom. The lowest BCUT2D eigenvalue weighted by atomic mass is 10.2. The summed E-state index contributed by atoms with van der Waals surface area (Å²) < 4.78 is 0.797. The highest BCUT2D eigenvalue weighted by Crippen LogP contribution is 2.08. The molecule has 0 aliphatic carbocycles. The average molecular weight is 365 g/mol. The largest absolute Gasteiger partial charge is 0.480 e. The van der Waals surface area contributed by atoms with Crippen LogP contribution in [0, 0.1) is 0 Å². The molecule has 1 heterocycles. The Kier molecular flexibility index (Phi) is 6.02. The second-order valence-electron chi connectivity index (χ2n) is 5.51. The molecule has 0 aliphatic rings. The van der Waals surface area contributed by atoms with Gasteiger partial charge in [-0.25, -0.2) is 14.2 Å². The maximum Gasteiger partial charge on any atom is 0.329 e. The van der Waals surface area contributed by atoms with Crippen molar-refractivity contribution in [1.82, 2.24) is 14.9 Å². The van der Waals surface area contributed by atoms with Crippen molar-refractivity contribution in [2.24, 2.45) is 0 Å². The number of aromatic nitrogens is 2. The summed E-state index contributed by atoms with van der Waals surface area (Å²) in [4.78, 5) is 50.9. The number of carbonyl (C=O) groups excluding carboxylic acids is 1. The van der Waals surface area contributed by atoms with E-state index in [1.807, 2.05) is 6.26 Å². The van der Waals surface area contributed by atoms with Crippen molar-refractivity contribution in [3.8, 4) is 0 Å². The topological polar surface area (TPSA) is 121 Å². The van der Waals surface area contributed by atoms with Gasteiger partial charge in [0.25, 0.3) is 5.56 Å². The molecule has 134 valence electrons. The third kappa shape index (κ3) is 4.11. The summed E-state index contributed by atoms with van der Waals surface area (Å²) in [6.07, 6.45) is 2.08. The first-order chi connectivity index (χ1) is 11.9. The summed E-state index contributed by atoms with van der Waals surface area (Å²) >= 11 is 1.46. The van der Waals surface area contributed by atoms with Crippen LogP contribution in [-0.4, -0.2) is 44.6 Å². The molecule has 0 fully saturated rings. The quantitative estimate of drug-likeness (QED) is 0.660. The Bertz CT molecular complexity index is 905. The predicted octanol–water partition coefficient (Wildman–Crippen LogP) is 0.573. The number of fused-ring (bicyclic) bond motifs is 1. The first kappa shape index (κ1) is 18.8. The number of aliphatic carboxylic acids is 1. The van der Waals surface area contributed by atoms with E-state index in [0.717, 1.165) is 4.57 Å². The van der Waals surface area contributed by atoms with Crippen LogP contribution in [0.1, 0.15) is 19.4 Å². The minimum absolute atomic E-state index is 0.248. The summed E-state index contributed by atoms with van der Waals surface area (Å²) in [6.45, 7) is 1.38. The zero-order valence-electron chi connectivity index (χ0n) is 13.8. The summed E-state index contributed by atoms with van der Waals surface area (Å²) in [5, 5.41) is 11.9. The van der Waals surface area contributed by atoms with Crippen molar-refractivity contribution in [1.29, 1.82) is 0 Å². The van der Waals surface area contributed by atoms with Crippen LogP contribution in [0.3, 0.4) is 0 Å². The van der Waals surface area contributed by atoms with Gasteiger partial charge in [0.05, 0.1) is 10.9 Å². The Hall–Kier alpha value is -2.55. The van der Waals surface area contributed by atoms with Gasteiger partial charge in [0.2, 0.25) is 5.91 Å². The number of thioether (sulfide) groups is 1. The average Bonchev–Trinajstić information content (AvgIpc) is 2.57. The monoisotopic (exact) mass is 365 g/mol. The number of carbonyl (C=O) groups is 2. The van der Waals surface area contributed by atoms with Crippen molar-refractivity contribution in [2.75, 3.05) is 12.0 Å². The van der Waals surface area contributed by atoms with Crippen molar-refractivity contribution in [3.05, 3.63) is 45.1 Å². The van der Waals surface area contributed by atoms with E-state index >= 15 is 0 Å². The molecular formula is C16H19N3O5S. The van der Waals surface area contributed by atoms with Crippen LogP contribution < -0.4 is 16.6 Å². The maximum absolute atomic E-state index is 12.5. The van der Waals surface area contributed by atoms with Crippen LogP contribution in [0.5, 0.6) is 0 Å². The fourth-order valence-electron chi connectivity index (χ4n) is 2.43. The van der Waals surface area contributed by atoms with Gasteiger partial charge >= 0.3 is 11.7 Å². The highest BCUT2D eigenvalue weighted by atomic mass is 32.2. The minimum Gasteiger partial charge on any atom is -0.480 e. The predicted molar refractivity (Wildman–Crippen MR) is 96.1 cm³/mol. The van der Waals surface area contributed by atoms with Gasteiger partial charge in [-0.2, -0.15) is 11.8 Å². The molecule has 0 radical (unpaired) electrons. The molecule has 1 aromatic carbocycles. The van der Waals surface area contributed by atoms with E-state index in [-0.39, 0.29) is 11.8 Å². The number of carboxylic acids is 1. The minimum atomic E-state index is -1.16. The Morgan fingerprint density at radius 1 is 1.32 bits per heavy atom. The van der Waals surface area contributed by atoms with Gasteiger partial charge in [-0.15, -0.1) is 0 Å². The zero-order chi connectivity index (χ0) is 18.6. The maximum atomic E-state index is 12.5. The van der Waals surface area contributed by atoms with Gasteiger partial charge in [0, 0.05) is 0 Å². The van der Waals surface area contributed by atoms with E-state index in [1.54, 1.807) is 24.3 Å². The number of hydrogen-bond acceptors (Lipinski definition) is 5. The number of aromatic amines is 1. The number of hydrogen-bond donors (Lipinski definition) is 3. The third-order valence-electron chi connectivity index (χ3n) is 3.83. The molecule has 3 N–H and O–H groups in total. The van der Waals surface area contributed by atoms with Gasteiger partial charge in [-0.3, -0.25) is 9.59 Å². The number of nitrogens with one attached hydrogen (secondary N) is 2. The summed E-state index contributed by atoms with van der Waals surface area (Å²) in [6, 6.07) is 4.26. The lowest BCUT2D eigenvalue weighted by Crippen LogP contribution is -2.48. The van der Waals surface area contributed by atoms with Gasteiger partial charge in [0.15, 0.2) is 0 Å². The number of para-hydroxylation sites is 1. The first-order valence-corrected chi connectivity index (χ1v) is 9.02. The van der Waals surface area contributed by atoms with Crippen LogP contribution in [0.2, 0.25) is 0 Å². The van der Waals surface area contributed by atoms with E-state index in [0.29, 0.717) is 11.3 Å². The molecule has 0 saturated carbocycles. The lowest BCUT2D eigenvalue weighted by molar-refractivity contribution is -0.142. The van der Waals surface area contributed by atoms with E-state index < -0.39 is 35.2 Å². The molecule has 1 amide bonds. The molecule has 0 aliphatic heterocycles. The molecule has 0 saturated heterocycles. The Morgan fingerprint density at radius 2 is 2.00 bits per heavy atom. The highest BCUT2D eigenvalue weighted by molar-refractivity contribution is 7.98. The van der Waals surface area contributed by atoms with Crippen LogP contribution in [0.25, 0.3) is 10.9 Å². The Balaban J connectivity index is 2.33. The molecule has 0 spiro atoms. The fraction of sp³-hybridized carbons (Fsp3) is 0.375. The molecule has 2 aromatic rings. The SMILES string of the molecule is CSCC[C@H](NC(=O)[C@H](C)n1c(=O)[nH]c2ccccc2c1=O)C(=O)O. The molecule has 0 unspecified atom stereocenters. The van der Waals surface area contributed by atoms with Crippen LogP contribution >= 0.6 is 11.8 Å². The molecular weight excluding hydrogens is 346 g/mol.